The Balaban J connectivity index is 2.79. The lowest BCUT2D eigenvalue weighted by atomic mass is 9.76. The molecule has 0 radical (unpaired) electrons. The second-order valence-electron chi connectivity index (χ2n) is 4.94. The largest absolute Gasteiger partial charge is 0.465 e. The van der Waals surface area contributed by atoms with E-state index in [9.17, 15) is 9.59 Å². The first kappa shape index (κ1) is 16.0. The minimum absolute atomic E-state index is 0.163. The fourth-order valence-corrected chi connectivity index (χ4v) is 2.57. The third kappa shape index (κ3) is 3.69. The van der Waals surface area contributed by atoms with E-state index in [0.717, 1.165) is 26.1 Å². The molecule has 0 unspecified atom stereocenters. The maximum Gasteiger partial charge on any atom is 0.321 e. The summed E-state index contributed by atoms with van der Waals surface area (Å²) in [6.45, 7) is 9.53. The van der Waals surface area contributed by atoms with Gasteiger partial charge in [0.2, 0.25) is 5.91 Å². The van der Waals surface area contributed by atoms with E-state index in [1.807, 2.05) is 0 Å². The van der Waals surface area contributed by atoms with Gasteiger partial charge >= 0.3 is 5.97 Å². The molecule has 0 aliphatic carbocycles. The molecule has 1 amide bonds. The van der Waals surface area contributed by atoms with Crippen molar-refractivity contribution in [3.8, 4) is 0 Å². The number of hydrogen-bond donors (Lipinski definition) is 1. The van der Waals surface area contributed by atoms with Crippen LogP contribution in [0.2, 0.25) is 0 Å². The van der Waals surface area contributed by atoms with Gasteiger partial charge in [0, 0.05) is 6.54 Å². The Morgan fingerprint density at radius 2 is 2.05 bits per heavy atom. The molecule has 1 atom stereocenters. The summed E-state index contributed by atoms with van der Waals surface area (Å²) >= 11 is 0. The van der Waals surface area contributed by atoms with E-state index in [2.05, 4.69) is 24.1 Å². The maximum atomic E-state index is 12.2. The van der Waals surface area contributed by atoms with E-state index in [1.54, 1.807) is 6.92 Å². The summed E-state index contributed by atoms with van der Waals surface area (Å²) in [7, 11) is 0. The van der Waals surface area contributed by atoms with Crippen molar-refractivity contribution in [3.05, 3.63) is 0 Å². The molecule has 19 heavy (non-hydrogen) atoms. The normalized spacial score (nSPS) is 23.3. The van der Waals surface area contributed by atoms with Crippen LogP contribution in [0.5, 0.6) is 0 Å². The van der Waals surface area contributed by atoms with Crippen molar-refractivity contribution in [1.29, 1.82) is 0 Å². The van der Waals surface area contributed by atoms with Crippen LogP contribution in [-0.4, -0.2) is 49.6 Å². The van der Waals surface area contributed by atoms with Gasteiger partial charge in [0.05, 0.1) is 6.61 Å². The molecule has 0 bridgehead atoms. The molecule has 1 fully saturated rings. The van der Waals surface area contributed by atoms with E-state index in [-0.39, 0.29) is 11.9 Å². The number of hydrogen-bond acceptors (Lipinski definition) is 4. The quantitative estimate of drug-likeness (QED) is 0.557. The number of carbonyl (C=O) groups excluding carboxylic acids is 2. The van der Waals surface area contributed by atoms with Gasteiger partial charge in [-0.05, 0) is 45.8 Å². The molecule has 0 aromatic heterocycles. The van der Waals surface area contributed by atoms with E-state index in [1.165, 1.54) is 0 Å². The Morgan fingerprint density at radius 1 is 1.37 bits per heavy atom. The molecular formula is C14H26N2O3. The number of ether oxygens (including phenoxy) is 1. The number of rotatable bonds is 7. The zero-order valence-corrected chi connectivity index (χ0v) is 12.3. The van der Waals surface area contributed by atoms with Crippen LogP contribution in [0, 0.1) is 5.41 Å². The molecule has 110 valence electrons. The molecule has 5 nitrogen and oxygen atoms in total. The predicted octanol–water partition coefficient (Wildman–Crippen LogP) is 1.18. The van der Waals surface area contributed by atoms with E-state index >= 15 is 0 Å². The number of carbonyl (C=O) groups is 2. The summed E-state index contributed by atoms with van der Waals surface area (Å²) in [6, 6.07) is 0. The first-order valence-corrected chi connectivity index (χ1v) is 7.28. The van der Waals surface area contributed by atoms with Crippen LogP contribution in [-0.2, 0) is 14.3 Å². The van der Waals surface area contributed by atoms with Gasteiger partial charge in [-0.3, -0.25) is 9.59 Å². The van der Waals surface area contributed by atoms with Crippen LogP contribution in [0.3, 0.4) is 0 Å². The molecule has 0 spiro atoms. The lowest BCUT2D eigenvalue weighted by Crippen LogP contribution is -2.52. The third-order valence-corrected chi connectivity index (χ3v) is 3.92. The Kier molecular flexibility index (Phi) is 6.28. The third-order valence-electron chi connectivity index (χ3n) is 3.92. The first-order valence-electron chi connectivity index (χ1n) is 7.28. The summed E-state index contributed by atoms with van der Waals surface area (Å²) in [5, 5.41) is 2.81. The highest BCUT2D eigenvalue weighted by Crippen LogP contribution is 2.33. The standard InChI is InChI=1S/C14H26N2O3/c1-4-16(5-2)11-9-14(13(18)19-6-3)8-7-10-15-12(14)17/h4-11H2,1-3H3,(H,15,17)/t14-/m1/s1. The summed E-state index contributed by atoms with van der Waals surface area (Å²) in [5.74, 6) is -0.524. The molecular weight excluding hydrogens is 244 g/mol. The van der Waals surface area contributed by atoms with E-state index in [0.29, 0.717) is 26.0 Å². The van der Waals surface area contributed by atoms with Crippen molar-refractivity contribution in [1.82, 2.24) is 10.2 Å². The lowest BCUT2D eigenvalue weighted by Gasteiger charge is -2.35. The zero-order chi connectivity index (χ0) is 14.3. The molecule has 0 aromatic carbocycles. The molecule has 1 saturated heterocycles. The van der Waals surface area contributed by atoms with Crippen LogP contribution in [0.25, 0.3) is 0 Å². The fraction of sp³-hybridized carbons (Fsp3) is 0.857. The summed E-state index contributed by atoms with van der Waals surface area (Å²) in [5.41, 5.74) is -0.975. The summed E-state index contributed by atoms with van der Waals surface area (Å²) < 4.78 is 5.14. The van der Waals surface area contributed by atoms with Gasteiger partial charge < -0.3 is 15.0 Å². The van der Waals surface area contributed by atoms with Crippen molar-refractivity contribution in [2.75, 3.05) is 32.8 Å². The second kappa shape index (κ2) is 7.48. The Labute approximate surface area is 115 Å². The van der Waals surface area contributed by atoms with Gasteiger partial charge in [-0.1, -0.05) is 13.8 Å². The average Bonchev–Trinajstić information content (AvgIpc) is 2.42. The number of esters is 1. The monoisotopic (exact) mass is 270 g/mol. The highest BCUT2D eigenvalue weighted by Gasteiger charge is 2.48. The fourth-order valence-electron chi connectivity index (χ4n) is 2.57. The molecule has 1 heterocycles. The van der Waals surface area contributed by atoms with Crippen LogP contribution in [0.1, 0.15) is 40.0 Å². The van der Waals surface area contributed by atoms with E-state index in [4.69, 9.17) is 4.74 Å². The van der Waals surface area contributed by atoms with Crippen molar-refractivity contribution in [2.24, 2.45) is 5.41 Å². The smallest absolute Gasteiger partial charge is 0.321 e. The van der Waals surface area contributed by atoms with Crippen LogP contribution >= 0.6 is 0 Å². The van der Waals surface area contributed by atoms with Crippen molar-refractivity contribution in [3.63, 3.8) is 0 Å². The molecule has 1 N–H and O–H groups in total. The van der Waals surface area contributed by atoms with Gasteiger partial charge in [0.1, 0.15) is 5.41 Å². The SMILES string of the molecule is CCOC(=O)[C@@]1(CCN(CC)CC)CCCNC1=O. The second-order valence-corrected chi connectivity index (χ2v) is 4.94. The van der Waals surface area contributed by atoms with Crippen LogP contribution in [0.15, 0.2) is 0 Å². The summed E-state index contributed by atoms with van der Waals surface area (Å²) in [4.78, 5) is 26.6. The minimum atomic E-state index is -0.975. The van der Waals surface area contributed by atoms with Gasteiger partial charge in [-0.15, -0.1) is 0 Å². The number of piperidine rings is 1. The molecule has 5 heteroatoms. The van der Waals surface area contributed by atoms with Crippen molar-refractivity contribution in [2.45, 2.75) is 40.0 Å². The van der Waals surface area contributed by atoms with Crippen molar-refractivity contribution >= 4 is 11.9 Å². The average molecular weight is 270 g/mol. The highest BCUT2D eigenvalue weighted by atomic mass is 16.5. The van der Waals surface area contributed by atoms with Gasteiger partial charge in [0.15, 0.2) is 0 Å². The zero-order valence-electron chi connectivity index (χ0n) is 12.3. The predicted molar refractivity (Wildman–Crippen MR) is 73.7 cm³/mol. The van der Waals surface area contributed by atoms with Crippen LogP contribution in [0.4, 0.5) is 0 Å². The molecule has 0 aromatic rings. The number of nitrogens with zero attached hydrogens (tertiary/aromatic N) is 1. The van der Waals surface area contributed by atoms with Gasteiger partial charge in [0.25, 0.3) is 0 Å². The minimum Gasteiger partial charge on any atom is -0.465 e. The Bertz CT molecular complexity index is 316. The number of nitrogens with one attached hydrogen (secondary N) is 1. The van der Waals surface area contributed by atoms with Gasteiger partial charge in [-0.25, -0.2) is 0 Å². The van der Waals surface area contributed by atoms with E-state index < -0.39 is 5.41 Å². The lowest BCUT2D eigenvalue weighted by molar-refractivity contribution is -0.163. The maximum absolute atomic E-state index is 12.2. The highest BCUT2D eigenvalue weighted by molar-refractivity contribution is 6.03. The first-order chi connectivity index (χ1) is 9.10. The van der Waals surface area contributed by atoms with Crippen LogP contribution < -0.4 is 5.32 Å². The Hall–Kier alpha value is -1.10. The summed E-state index contributed by atoms with van der Waals surface area (Å²) in [6.07, 6.45) is 1.97. The van der Waals surface area contributed by atoms with Gasteiger partial charge in [-0.2, -0.15) is 0 Å². The molecule has 1 aliphatic rings. The molecule has 1 rings (SSSR count). The number of amides is 1. The molecule has 1 aliphatic heterocycles. The molecule has 0 saturated carbocycles. The van der Waals surface area contributed by atoms with Crippen molar-refractivity contribution < 1.29 is 14.3 Å². The Morgan fingerprint density at radius 3 is 2.58 bits per heavy atom. The topological polar surface area (TPSA) is 58.6 Å².